The minimum Gasteiger partial charge on any atom is -0.352 e. The highest BCUT2D eigenvalue weighted by molar-refractivity contribution is 7.09. The SMILES string of the molecule is CCc1nc2n(n1)CC(NC(=NC)NCc1nc(C(C)(C)C)cs1)CC2. The Morgan fingerprint density at radius 3 is 2.85 bits per heavy atom. The third kappa shape index (κ3) is 4.41. The summed E-state index contributed by atoms with van der Waals surface area (Å²) in [5, 5.41) is 14.7. The molecule has 8 heteroatoms. The van der Waals surface area contributed by atoms with Crippen molar-refractivity contribution in [2.24, 2.45) is 4.99 Å². The fraction of sp³-hybridized carbons (Fsp3) is 0.667. The van der Waals surface area contributed by atoms with Gasteiger partial charge in [-0.05, 0) is 6.42 Å². The molecule has 0 spiro atoms. The second-order valence-electron chi connectivity index (χ2n) is 7.66. The number of hydrogen-bond acceptors (Lipinski definition) is 5. The Bertz CT molecular complexity index is 769. The molecule has 1 aliphatic rings. The molecule has 26 heavy (non-hydrogen) atoms. The number of aromatic nitrogens is 4. The molecule has 0 amide bonds. The van der Waals surface area contributed by atoms with Crippen LogP contribution in [0.3, 0.4) is 0 Å². The zero-order chi connectivity index (χ0) is 18.7. The van der Waals surface area contributed by atoms with E-state index in [9.17, 15) is 0 Å². The van der Waals surface area contributed by atoms with Gasteiger partial charge in [0.05, 0.1) is 18.8 Å². The van der Waals surface area contributed by atoms with E-state index in [1.165, 1.54) is 0 Å². The lowest BCUT2D eigenvalue weighted by molar-refractivity contribution is 0.392. The van der Waals surface area contributed by atoms with Crippen LogP contribution in [0.15, 0.2) is 10.4 Å². The molecule has 0 bridgehead atoms. The van der Waals surface area contributed by atoms with Crippen molar-refractivity contribution in [2.75, 3.05) is 7.05 Å². The molecule has 1 aliphatic heterocycles. The number of nitrogens with one attached hydrogen (secondary N) is 2. The summed E-state index contributed by atoms with van der Waals surface area (Å²) in [5.74, 6) is 2.84. The van der Waals surface area contributed by atoms with Gasteiger partial charge in [0.1, 0.15) is 10.8 Å². The fourth-order valence-corrected chi connectivity index (χ4v) is 3.87. The lowest BCUT2D eigenvalue weighted by Gasteiger charge is -2.25. The summed E-state index contributed by atoms with van der Waals surface area (Å²) in [6.07, 6.45) is 2.86. The van der Waals surface area contributed by atoms with Gasteiger partial charge in [0.25, 0.3) is 0 Å². The Balaban J connectivity index is 1.54. The van der Waals surface area contributed by atoms with Crippen molar-refractivity contribution in [1.82, 2.24) is 30.4 Å². The molecule has 142 valence electrons. The number of guanidine groups is 1. The summed E-state index contributed by atoms with van der Waals surface area (Å²) in [4.78, 5) is 13.7. The summed E-state index contributed by atoms with van der Waals surface area (Å²) >= 11 is 1.69. The first-order valence-electron chi connectivity index (χ1n) is 9.23. The molecule has 3 heterocycles. The first kappa shape index (κ1) is 18.8. The lowest BCUT2D eigenvalue weighted by Crippen LogP contribution is -2.46. The summed E-state index contributed by atoms with van der Waals surface area (Å²) in [7, 11) is 1.80. The highest BCUT2D eigenvalue weighted by atomic mass is 32.1. The molecule has 0 aliphatic carbocycles. The van der Waals surface area contributed by atoms with Crippen LogP contribution in [0.25, 0.3) is 0 Å². The maximum atomic E-state index is 4.73. The molecule has 0 radical (unpaired) electrons. The standard InChI is InChI=1S/C18H29N7S/c1-6-14-23-15-8-7-12(10-25(15)24-14)21-17(19-5)20-9-16-22-13(11-26-16)18(2,3)4/h11-12H,6-10H2,1-5H3,(H2,19,20,21). The number of nitrogens with zero attached hydrogens (tertiary/aromatic N) is 5. The number of aryl methyl sites for hydroxylation is 2. The maximum absolute atomic E-state index is 4.73. The van der Waals surface area contributed by atoms with E-state index in [1.807, 2.05) is 4.68 Å². The van der Waals surface area contributed by atoms with E-state index < -0.39 is 0 Å². The van der Waals surface area contributed by atoms with Crippen LogP contribution < -0.4 is 10.6 Å². The van der Waals surface area contributed by atoms with Crippen LogP contribution in [-0.2, 0) is 31.3 Å². The van der Waals surface area contributed by atoms with E-state index in [1.54, 1.807) is 18.4 Å². The van der Waals surface area contributed by atoms with Crippen molar-refractivity contribution >= 4 is 17.3 Å². The maximum Gasteiger partial charge on any atom is 0.191 e. The first-order chi connectivity index (χ1) is 12.4. The van der Waals surface area contributed by atoms with E-state index >= 15 is 0 Å². The van der Waals surface area contributed by atoms with Gasteiger partial charge in [-0.25, -0.2) is 14.6 Å². The molecular weight excluding hydrogens is 346 g/mol. The van der Waals surface area contributed by atoms with Crippen LogP contribution in [0.2, 0.25) is 0 Å². The molecule has 3 rings (SSSR count). The van der Waals surface area contributed by atoms with Crippen LogP contribution in [-0.4, -0.2) is 38.8 Å². The van der Waals surface area contributed by atoms with E-state index in [2.05, 4.69) is 58.8 Å². The Hall–Kier alpha value is -1.96. The van der Waals surface area contributed by atoms with E-state index in [-0.39, 0.29) is 5.41 Å². The minimum absolute atomic E-state index is 0.0869. The molecular formula is C18H29N7S. The first-order valence-corrected chi connectivity index (χ1v) is 10.1. The van der Waals surface area contributed by atoms with E-state index in [0.717, 1.165) is 54.1 Å². The van der Waals surface area contributed by atoms with Gasteiger partial charge < -0.3 is 10.6 Å². The molecule has 0 saturated heterocycles. The zero-order valence-corrected chi connectivity index (χ0v) is 17.2. The number of aliphatic imine (C=N–C) groups is 1. The number of fused-ring (bicyclic) bond motifs is 1. The molecule has 1 unspecified atom stereocenters. The summed E-state index contributed by atoms with van der Waals surface area (Å²) < 4.78 is 2.03. The Morgan fingerprint density at radius 2 is 2.19 bits per heavy atom. The predicted molar refractivity (Wildman–Crippen MR) is 106 cm³/mol. The van der Waals surface area contributed by atoms with E-state index in [0.29, 0.717) is 12.6 Å². The third-order valence-electron chi connectivity index (χ3n) is 4.51. The second kappa shape index (κ2) is 7.73. The highest BCUT2D eigenvalue weighted by Gasteiger charge is 2.22. The average molecular weight is 376 g/mol. The minimum atomic E-state index is 0.0869. The van der Waals surface area contributed by atoms with E-state index in [4.69, 9.17) is 4.98 Å². The molecule has 0 aromatic carbocycles. The largest absolute Gasteiger partial charge is 0.352 e. The van der Waals surface area contributed by atoms with Crippen LogP contribution in [0.4, 0.5) is 0 Å². The van der Waals surface area contributed by atoms with Gasteiger partial charge in [-0.1, -0.05) is 27.7 Å². The average Bonchev–Trinajstić information content (AvgIpc) is 3.24. The van der Waals surface area contributed by atoms with Gasteiger partial charge in [0, 0.05) is 36.7 Å². The van der Waals surface area contributed by atoms with Crippen LogP contribution in [0.5, 0.6) is 0 Å². The summed E-state index contributed by atoms with van der Waals surface area (Å²) in [6, 6.07) is 0.307. The van der Waals surface area contributed by atoms with Crippen molar-refractivity contribution in [3.8, 4) is 0 Å². The Kier molecular flexibility index (Phi) is 5.60. The summed E-state index contributed by atoms with van der Waals surface area (Å²) in [5.41, 5.74) is 1.23. The molecule has 1 atom stereocenters. The van der Waals surface area contributed by atoms with Gasteiger partial charge in [-0.2, -0.15) is 5.10 Å². The lowest BCUT2D eigenvalue weighted by atomic mass is 9.93. The fourth-order valence-electron chi connectivity index (χ4n) is 2.91. The van der Waals surface area contributed by atoms with Crippen molar-refractivity contribution in [3.05, 3.63) is 27.7 Å². The van der Waals surface area contributed by atoms with Crippen molar-refractivity contribution in [1.29, 1.82) is 0 Å². The normalized spacial score (nSPS) is 17.9. The predicted octanol–water partition coefficient (Wildman–Crippen LogP) is 2.27. The second-order valence-corrected chi connectivity index (χ2v) is 8.60. The van der Waals surface area contributed by atoms with Crippen molar-refractivity contribution < 1.29 is 0 Å². The van der Waals surface area contributed by atoms with Crippen molar-refractivity contribution in [3.63, 3.8) is 0 Å². The van der Waals surface area contributed by atoms with Crippen LogP contribution >= 0.6 is 11.3 Å². The quantitative estimate of drug-likeness (QED) is 0.633. The highest BCUT2D eigenvalue weighted by Crippen LogP contribution is 2.23. The van der Waals surface area contributed by atoms with Crippen molar-refractivity contribution in [2.45, 2.75) is 71.5 Å². The smallest absolute Gasteiger partial charge is 0.191 e. The topological polar surface area (TPSA) is 80.0 Å². The van der Waals surface area contributed by atoms with Gasteiger partial charge in [-0.3, -0.25) is 4.99 Å². The number of hydrogen-bond donors (Lipinski definition) is 2. The molecule has 2 N–H and O–H groups in total. The molecule has 2 aromatic rings. The zero-order valence-electron chi connectivity index (χ0n) is 16.3. The molecule has 0 saturated carbocycles. The Labute approximate surface area is 159 Å². The van der Waals surface area contributed by atoms with Crippen LogP contribution in [0, 0.1) is 0 Å². The van der Waals surface area contributed by atoms with Crippen LogP contribution in [0.1, 0.15) is 56.5 Å². The number of rotatable bonds is 4. The Morgan fingerprint density at radius 1 is 1.38 bits per heavy atom. The van der Waals surface area contributed by atoms with Gasteiger partial charge in [0.2, 0.25) is 0 Å². The third-order valence-corrected chi connectivity index (χ3v) is 5.36. The monoisotopic (exact) mass is 375 g/mol. The van der Waals surface area contributed by atoms with Gasteiger partial charge in [0.15, 0.2) is 11.8 Å². The molecule has 7 nitrogen and oxygen atoms in total. The van der Waals surface area contributed by atoms with Gasteiger partial charge >= 0.3 is 0 Å². The molecule has 0 fully saturated rings. The van der Waals surface area contributed by atoms with Gasteiger partial charge in [-0.15, -0.1) is 11.3 Å². The summed E-state index contributed by atoms with van der Waals surface area (Å²) in [6.45, 7) is 10.2. The molecule has 2 aromatic heterocycles. The number of thiazole rings is 1.